The summed E-state index contributed by atoms with van der Waals surface area (Å²) in [6.07, 6.45) is 3.77. The van der Waals surface area contributed by atoms with E-state index in [1.807, 2.05) is 41.2 Å². The average molecular weight is 259 g/mol. The molecule has 2 aromatic rings. The molecule has 0 aliphatic rings. The van der Waals surface area contributed by atoms with E-state index in [0.29, 0.717) is 0 Å². The molecule has 2 rings (SSSR count). The summed E-state index contributed by atoms with van der Waals surface area (Å²) in [4.78, 5) is 10.6. The van der Waals surface area contributed by atoms with Gasteiger partial charge in [-0.25, -0.2) is 0 Å². The number of aromatic nitrogens is 2. The highest BCUT2D eigenvalue weighted by Crippen LogP contribution is 2.05. The second-order valence-corrected chi connectivity index (χ2v) is 4.33. The van der Waals surface area contributed by atoms with Gasteiger partial charge in [0, 0.05) is 25.5 Å². The molecule has 5 nitrogen and oxygen atoms in total. The SMILES string of the molecule is O=C(O)Cc1ccc(CNCCn2cccn2)cc1. The van der Waals surface area contributed by atoms with Crippen LogP contribution in [0.2, 0.25) is 0 Å². The number of hydrogen-bond acceptors (Lipinski definition) is 3. The Hall–Kier alpha value is -2.14. The summed E-state index contributed by atoms with van der Waals surface area (Å²) in [5.74, 6) is -0.801. The Morgan fingerprint density at radius 1 is 1.26 bits per heavy atom. The van der Waals surface area contributed by atoms with Crippen LogP contribution in [0.25, 0.3) is 0 Å². The van der Waals surface area contributed by atoms with E-state index < -0.39 is 5.97 Å². The second kappa shape index (κ2) is 6.70. The van der Waals surface area contributed by atoms with Gasteiger partial charge in [-0.2, -0.15) is 5.10 Å². The van der Waals surface area contributed by atoms with Crippen LogP contribution in [-0.2, 0) is 24.3 Å². The van der Waals surface area contributed by atoms with Crippen LogP contribution >= 0.6 is 0 Å². The molecule has 1 heterocycles. The minimum absolute atomic E-state index is 0.0764. The number of aliphatic carboxylic acids is 1. The molecule has 0 radical (unpaired) electrons. The molecular weight excluding hydrogens is 242 g/mol. The lowest BCUT2D eigenvalue weighted by molar-refractivity contribution is -0.136. The Labute approximate surface area is 111 Å². The number of carboxylic acid groups (broad SMARTS) is 1. The third-order valence-corrected chi connectivity index (χ3v) is 2.78. The minimum atomic E-state index is -0.801. The van der Waals surface area contributed by atoms with Crippen LogP contribution in [0, 0.1) is 0 Å². The Kier molecular flexibility index (Phi) is 4.69. The third kappa shape index (κ3) is 4.56. The lowest BCUT2D eigenvalue weighted by Crippen LogP contribution is -2.19. The topological polar surface area (TPSA) is 67.2 Å². The molecule has 0 bridgehead atoms. The molecule has 0 spiro atoms. The third-order valence-electron chi connectivity index (χ3n) is 2.78. The van der Waals surface area contributed by atoms with Crippen molar-refractivity contribution in [1.29, 1.82) is 0 Å². The highest BCUT2D eigenvalue weighted by atomic mass is 16.4. The van der Waals surface area contributed by atoms with E-state index in [0.717, 1.165) is 30.8 Å². The zero-order valence-corrected chi connectivity index (χ0v) is 10.6. The van der Waals surface area contributed by atoms with Crippen molar-refractivity contribution in [1.82, 2.24) is 15.1 Å². The highest BCUT2D eigenvalue weighted by Gasteiger charge is 2.00. The molecule has 0 aliphatic heterocycles. The van der Waals surface area contributed by atoms with Crippen LogP contribution in [-0.4, -0.2) is 27.4 Å². The van der Waals surface area contributed by atoms with Gasteiger partial charge in [-0.3, -0.25) is 9.48 Å². The monoisotopic (exact) mass is 259 g/mol. The van der Waals surface area contributed by atoms with E-state index in [-0.39, 0.29) is 6.42 Å². The van der Waals surface area contributed by atoms with E-state index in [4.69, 9.17) is 5.11 Å². The largest absolute Gasteiger partial charge is 0.481 e. The number of hydrogen-bond donors (Lipinski definition) is 2. The van der Waals surface area contributed by atoms with Crippen molar-refractivity contribution in [2.24, 2.45) is 0 Å². The first-order valence-electron chi connectivity index (χ1n) is 6.22. The van der Waals surface area contributed by atoms with Crippen LogP contribution in [0.3, 0.4) is 0 Å². The number of carbonyl (C=O) groups is 1. The van der Waals surface area contributed by atoms with E-state index in [2.05, 4.69) is 10.4 Å². The van der Waals surface area contributed by atoms with E-state index in [1.54, 1.807) is 6.20 Å². The predicted octanol–water partition coefficient (Wildman–Crippen LogP) is 1.30. The first-order chi connectivity index (χ1) is 9.24. The molecule has 0 amide bonds. The lowest BCUT2D eigenvalue weighted by atomic mass is 10.1. The highest BCUT2D eigenvalue weighted by molar-refractivity contribution is 5.70. The van der Waals surface area contributed by atoms with Crippen molar-refractivity contribution >= 4 is 5.97 Å². The van der Waals surface area contributed by atoms with Crippen LogP contribution < -0.4 is 5.32 Å². The van der Waals surface area contributed by atoms with Gasteiger partial charge in [0.2, 0.25) is 0 Å². The number of benzene rings is 1. The molecule has 0 saturated heterocycles. The number of nitrogens with zero attached hydrogens (tertiary/aromatic N) is 2. The lowest BCUT2D eigenvalue weighted by Gasteiger charge is -2.06. The molecule has 1 aromatic carbocycles. The van der Waals surface area contributed by atoms with Crippen LogP contribution in [0.1, 0.15) is 11.1 Å². The summed E-state index contributed by atoms with van der Waals surface area (Å²) in [6, 6.07) is 9.54. The first kappa shape index (κ1) is 13.3. The maximum absolute atomic E-state index is 10.6. The first-order valence-corrected chi connectivity index (χ1v) is 6.22. The van der Waals surface area contributed by atoms with Gasteiger partial charge in [0.05, 0.1) is 13.0 Å². The van der Waals surface area contributed by atoms with E-state index in [1.165, 1.54) is 0 Å². The van der Waals surface area contributed by atoms with Gasteiger partial charge in [-0.1, -0.05) is 24.3 Å². The molecule has 2 N–H and O–H groups in total. The zero-order valence-electron chi connectivity index (χ0n) is 10.6. The van der Waals surface area contributed by atoms with Crippen LogP contribution in [0.4, 0.5) is 0 Å². The van der Waals surface area contributed by atoms with Crippen molar-refractivity contribution < 1.29 is 9.90 Å². The van der Waals surface area contributed by atoms with Gasteiger partial charge in [0.15, 0.2) is 0 Å². The van der Waals surface area contributed by atoms with Gasteiger partial charge in [0.25, 0.3) is 0 Å². The fraction of sp³-hybridized carbons (Fsp3) is 0.286. The van der Waals surface area contributed by atoms with Crippen LogP contribution in [0.5, 0.6) is 0 Å². The quantitative estimate of drug-likeness (QED) is 0.735. The zero-order chi connectivity index (χ0) is 13.5. The summed E-state index contributed by atoms with van der Waals surface area (Å²) >= 11 is 0. The molecule has 19 heavy (non-hydrogen) atoms. The fourth-order valence-electron chi connectivity index (χ4n) is 1.81. The average Bonchev–Trinajstić information content (AvgIpc) is 2.89. The van der Waals surface area contributed by atoms with Gasteiger partial charge in [-0.15, -0.1) is 0 Å². The van der Waals surface area contributed by atoms with E-state index in [9.17, 15) is 4.79 Å². The van der Waals surface area contributed by atoms with Gasteiger partial charge in [0.1, 0.15) is 0 Å². The molecule has 0 atom stereocenters. The summed E-state index contributed by atoms with van der Waals surface area (Å²) in [7, 11) is 0. The van der Waals surface area contributed by atoms with Crippen molar-refractivity contribution in [3.05, 3.63) is 53.9 Å². The molecule has 0 unspecified atom stereocenters. The number of rotatable bonds is 7. The standard InChI is InChI=1S/C14H17N3O2/c18-14(19)10-12-2-4-13(5-3-12)11-15-7-9-17-8-1-6-16-17/h1-6,8,15H,7,9-11H2,(H,18,19). The maximum atomic E-state index is 10.6. The molecule has 100 valence electrons. The number of nitrogens with one attached hydrogen (secondary N) is 1. The molecule has 0 aliphatic carbocycles. The van der Waals surface area contributed by atoms with Gasteiger partial charge in [-0.05, 0) is 17.2 Å². The summed E-state index contributed by atoms with van der Waals surface area (Å²) < 4.78 is 1.88. The second-order valence-electron chi connectivity index (χ2n) is 4.33. The Morgan fingerprint density at radius 3 is 2.63 bits per heavy atom. The van der Waals surface area contributed by atoms with Crippen molar-refractivity contribution in [2.45, 2.75) is 19.5 Å². The van der Waals surface area contributed by atoms with Crippen molar-refractivity contribution in [3.63, 3.8) is 0 Å². The Balaban J connectivity index is 1.72. The summed E-state index contributed by atoms with van der Waals surface area (Å²) in [6.45, 7) is 2.46. The van der Waals surface area contributed by atoms with Crippen LogP contribution in [0.15, 0.2) is 42.7 Å². The Morgan fingerprint density at radius 2 is 2.00 bits per heavy atom. The van der Waals surface area contributed by atoms with Crippen molar-refractivity contribution in [3.8, 4) is 0 Å². The smallest absolute Gasteiger partial charge is 0.307 e. The Bertz CT molecular complexity index is 506. The molecule has 0 saturated carbocycles. The van der Waals surface area contributed by atoms with Gasteiger partial charge < -0.3 is 10.4 Å². The predicted molar refractivity (Wildman–Crippen MR) is 71.7 cm³/mol. The molecule has 0 fully saturated rings. The molecular formula is C14H17N3O2. The minimum Gasteiger partial charge on any atom is -0.481 e. The van der Waals surface area contributed by atoms with Gasteiger partial charge >= 0.3 is 5.97 Å². The van der Waals surface area contributed by atoms with E-state index >= 15 is 0 Å². The number of carboxylic acids is 1. The normalized spacial score (nSPS) is 10.5. The summed E-state index contributed by atoms with van der Waals surface area (Å²) in [5.41, 5.74) is 1.97. The molecule has 1 aromatic heterocycles. The summed E-state index contributed by atoms with van der Waals surface area (Å²) in [5, 5.41) is 16.1. The maximum Gasteiger partial charge on any atom is 0.307 e. The van der Waals surface area contributed by atoms with Crippen molar-refractivity contribution in [2.75, 3.05) is 6.54 Å². The molecule has 5 heteroatoms. The fourth-order valence-corrected chi connectivity index (χ4v) is 1.81.